The number of hydrogen-bond donors (Lipinski definition) is 4. The summed E-state index contributed by atoms with van der Waals surface area (Å²) in [7, 11) is 0. The zero-order chi connectivity index (χ0) is 20.8. The van der Waals surface area contributed by atoms with Gasteiger partial charge in [-0.2, -0.15) is 0 Å². The number of aromatic nitrogens is 1. The van der Waals surface area contributed by atoms with Gasteiger partial charge in [-0.3, -0.25) is 9.59 Å². The molecule has 1 unspecified atom stereocenters. The van der Waals surface area contributed by atoms with Gasteiger partial charge in [-0.1, -0.05) is 48.5 Å². The molecule has 7 nitrogen and oxygen atoms in total. The fraction of sp³-hybridized carbons (Fsp3) is 0.227. The average Bonchev–Trinajstić information content (AvgIpc) is 3.10. The van der Waals surface area contributed by atoms with Gasteiger partial charge < -0.3 is 20.7 Å². The lowest BCUT2D eigenvalue weighted by molar-refractivity contribution is -0.142. The van der Waals surface area contributed by atoms with Crippen molar-refractivity contribution in [1.82, 2.24) is 15.6 Å². The number of para-hydroxylation sites is 1. The number of amides is 2. The van der Waals surface area contributed by atoms with E-state index < -0.39 is 24.0 Å². The molecule has 0 aliphatic carbocycles. The monoisotopic (exact) mass is 393 g/mol. The lowest BCUT2D eigenvalue weighted by Gasteiger charge is -2.21. The zero-order valence-electron chi connectivity index (χ0n) is 16.0. The summed E-state index contributed by atoms with van der Waals surface area (Å²) in [4.78, 5) is 39.2. The van der Waals surface area contributed by atoms with Crippen molar-refractivity contribution < 1.29 is 19.5 Å². The number of aliphatic carboxylic acids is 1. The molecular weight excluding hydrogens is 370 g/mol. The molecule has 0 spiro atoms. The van der Waals surface area contributed by atoms with Crippen LogP contribution < -0.4 is 10.6 Å². The molecule has 1 heterocycles. The molecule has 0 saturated carbocycles. The summed E-state index contributed by atoms with van der Waals surface area (Å²) < 4.78 is 0. The maximum Gasteiger partial charge on any atom is 0.326 e. The summed E-state index contributed by atoms with van der Waals surface area (Å²) in [5.74, 6) is -2.02. The van der Waals surface area contributed by atoms with Crippen molar-refractivity contribution in [2.24, 2.45) is 0 Å². The minimum absolute atomic E-state index is 0.128. The molecule has 1 aromatic heterocycles. The van der Waals surface area contributed by atoms with Gasteiger partial charge in [0, 0.05) is 36.9 Å². The van der Waals surface area contributed by atoms with Gasteiger partial charge in [-0.15, -0.1) is 0 Å². The summed E-state index contributed by atoms with van der Waals surface area (Å²) >= 11 is 0. The number of fused-ring (bicyclic) bond motifs is 1. The minimum atomic E-state index is -1.13. The highest BCUT2D eigenvalue weighted by Gasteiger charge is 2.27. The van der Waals surface area contributed by atoms with Crippen LogP contribution in [-0.2, 0) is 27.2 Å². The molecular formula is C22H23N3O4. The molecule has 0 fully saturated rings. The zero-order valence-corrected chi connectivity index (χ0v) is 16.0. The number of hydrogen-bond acceptors (Lipinski definition) is 3. The Hall–Kier alpha value is -3.61. The molecule has 4 N–H and O–H groups in total. The van der Waals surface area contributed by atoms with Gasteiger partial charge in [-0.25, -0.2) is 4.79 Å². The number of rotatable bonds is 8. The maximum atomic E-state index is 12.8. The van der Waals surface area contributed by atoms with Crippen molar-refractivity contribution in [3.8, 4) is 0 Å². The molecule has 3 rings (SSSR count). The second kappa shape index (κ2) is 9.05. The predicted molar refractivity (Wildman–Crippen MR) is 109 cm³/mol. The van der Waals surface area contributed by atoms with Crippen LogP contribution >= 0.6 is 0 Å². The van der Waals surface area contributed by atoms with E-state index in [4.69, 9.17) is 0 Å². The van der Waals surface area contributed by atoms with E-state index >= 15 is 0 Å². The van der Waals surface area contributed by atoms with Crippen LogP contribution in [0.25, 0.3) is 10.9 Å². The Bertz CT molecular complexity index is 1010. The molecule has 2 amide bonds. The standard InChI is InChI=1S/C22H23N3O4/c1-14(26)24-19(11-15-7-3-2-4-8-15)21(27)25-20(22(28)29)12-16-13-23-18-10-6-5-9-17(16)18/h2-10,13,19-20,23H,11-12H2,1H3,(H,24,26)(H,25,27)(H,28,29)/t19?,20-/m0/s1. The van der Waals surface area contributed by atoms with Gasteiger partial charge in [0.15, 0.2) is 0 Å². The number of carboxylic acids is 1. The number of H-pyrrole nitrogens is 1. The van der Waals surface area contributed by atoms with Gasteiger partial charge in [0.25, 0.3) is 0 Å². The molecule has 0 radical (unpaired) electrons. The number of benzene rings is 2. The Labute approximate surface area is 168 Å². The quantitative estimate of drug-likeness (QED) is 0.469. The van der Waals surface area contributed by atoms with E-state index in [1.807, 2.05) is 54.6 Å². The van der Waals surface area contributed by atoms with E-state index in [1.54, 1.807) is 6.20 Å². The van der Waals surface area contributed by atoms with E-state index in [9.17, 15) is 19.5 Å². The summed E-state index contributed by atoms with van der Waals surface area (Å²) in [5.41, 5.74) is 2.57. The van der Waals surface area contributed by atoms with Crippen LogP contribution in [0.5, 0.6) is 0 Å². The molecule has 0 aliphatic rings. The fourth-order valence-corrected chi connectivity index (χ4v) is 3.30. The Kier molecular flexibility index (Phi) is 6.29. The Morgan fingerprint density at radius 2 is 1.62 bits per heavy atom. The predicted octanol–water partition coefficient (Wildman–Crippen LogP) is 2.03. The first-order valence-electron chi connectivity index (χ1n) is 9.33. The third-order valence-electron chi connectivity index (χ3n) is 4.69. The Morgan fingerprint density at radius 3 is 2.31 bits per heavy atom. The van der Waals surface area contributed by atoms with E-state index in [-0.39, 0.29) is 18.7 Å². The van der Waals surface area contributed by atoms with E-state index in [0.29, 0.717) is 0 Å². The molecule has 29 heavy (non-hydrogen) atoms. The SMILES string of the molecule is CC(=O)NC(Cc1ccccc1)C(=O)N[C@@H](Cc1c[nH]c2ccccc12)C(=O)O. The summed E-state index contributed by atoms with van der Waals surface area (Å²) in [6, 6.07) is 14.8. The van der Waals surface area contributed by atoms with E-state index in [2.05, 4.69) is 15.6 Å². The van der Waals surface area contributed by atoms with Gasteiger partial charge in [0.05, 0.1) is 0 Å². The molecule has 7 heteroatoms. The first-order valence-corrected chi connectivity index (χ1v) is 9.33. The van der Waals surface area contributed by atoms with Gasteiger partial charge in [-0.05, 0) is 17.2 Å². The van der Waals surface area contributed by atoms with Crippen LogP contribution in [0.15, 0.2) is 60.8 Å². The second-order valence-corrected chi connectivity index (χ2v) is 6.91. The van der Waals surface area contributed by atoms with Crippen LogP contribution in [0.1, 0.15) is 18.1 Å². The Morgan fingerprint density at radius 1 is 0.931 bits per heavy atom. The van der Waals surface area contributed by atoms with Crippen molar-refractivity contribution in [3.63, 3.8) is 0 Å². The maximum absolute atomic E-state index is 12.8. The van der Waals surface area contributed by atoms with Crippen LogP contribution in [0.4, 0.5) is 0 Å². The lowest BCUT2D eigenvalue weighted by atomic mass is 10.0. The average molecular weight is 393 g/mol. The second-order valence-electron chi connectivity index (χ2n) is 6.91. The molecule has 2 aromatic carbocycles. The van der Waals surface area contributed by atoms with Crippen LogP contribution in [0, 0.1) is 0 Å². The number of carboxylic acid groups (broad SMARTS) is 1. The molecule has 150 valence electrons. The summed E-state index contributed by atoms with van der Waals surface area (Å²) in [6.07, 6.45) is 2.15. The van der Waals surface area contributed by atoms with Crippen LogP contribution in [0.2, 0.25) is 0 Å². The van der Waals surface area contributed by atoms with E-state index in [1.165, 1.54) is 6.92 Å². The highest BCUT2D eigenvalue weighted by atomic mass is 16.4. The molecule has 2 atom stereocenters. The lowest BCUT2D eigenvalue weighted by Crippen LogP contribution is -2.52. The van der Waals surface area contributed by atoms with Gasteiger partial charge in [0.1, 0.15) is 12.1 Å². The number of carbonyl (C=O) groups is 3. The van der Waals surface area contributed by atoms with Gasteiger partial charge >= 0.3 is 5.97 Å². The first kappa shape index (κ1) is 20.1. The molecule has 0 bridgehead atoms. The van der Waals surface area contributed by atoms with Crippen LogP contribution in [-0.4, -0.2) is 40.0 Å². The number of carbonyl (C=O) groups excluding carboxylic acids is 2. The van der Waals surface area contributed by atoms with Gasteiger partial charge in [0.2, 0.25) is 11.8 Å². The summed E-state index contributed by atoms with van der Waals surface area (Å²) in [6.45, 7) is 1.33. The van der Waals surface area contributed by atoms with Crippen molar-refractivity contribution in [2.75, 3.05) is 0 Å². The highest BCUT2D eigenvalue weighted by Crippen LogP contribution is 2.19. The normalized spacial score (nSPS) is 12.9. The van der Waals surface area contributed by atoms with Crippen molar-refractivity contribution >= 4 is 28.7 Å². The highest BCUT2D eigenvalue weighted by molar-refractivity contribution is 5.91. The van der Waals surface area contributed by atoms with Crippen molar-refractivity contribution in [3.05, 3.63) is 71.9 Å². The van der Waals surface area contributed by atoms with Crippen LogP contribution in [0.3, 0.4) is 0 Å². The minimum Gasteiger partial charge on any atom is -0.480 e. The third-order valence-corrected chi connectivity index (χ3v) is 4.69. The first-order chi connectivity index (χ1) is 13.9. The number of aromatic amines is 1. The molecule has 3 aromatic rings. The number of nitrogens with one attached hydrogen (secondary N) is 3. The smallest absolute Gasteiger partial charge is 0.326 e. The van der Waals surface area contributed by atoms with Crippen molar-refractivity contribution in [1.29, 1.82) is 0 Å². The fourth-order valence-electron chi connectivity index (χ4n) is 3.30. The van der Waals surface area contributed by atoms with Crippen molar-refractivity contribution in [2.45, 2.75) is 31.8 Å². The summed E-state index contributed by atoms with van der Waals surface area (Å²) in [5, 5.41) is 15.7. The largest absolute Gasteiger partial charge is 0.480 e. The van der Waals surface area contributed by atoms with E-state index in [0.717, 1.165) is 22.0 Å². The topological polar surface area (TPSA) is 111 Å². The Balaban J connectivity index is 1.75. The molecule has 0 saturated heterocycles. The third kappa shape index (κ3) is 5.22. The molecule has 0 aliphatic heterocycles.